The molecular formula is C16H22ClN5O2S. The van der Waals surface area contributed by atoms with Gasteiger partial charge in [0.1, 0.15) is 17.5 Å². The first-order chi connectivity index (χ1) is 11.8. The van der Waals surface area contributed by atoms with Gasteiger partial charge >= 0.3 is 0 Å². The number of halogens is 1. The van der Waals surface area contributed by atoms with Crippen molar-refractivity contribution in [2.75, 3.05) is 30.3 Å². The summed E-state index contributed by atoms with van der Waals surface area (Å²) in [6.45, 7) is 6.83. The van der Waals surface area contributed by atoms with Crippen LogP contribution in [0.2, 0.25) is 5.02 Å². The molecule has 0 aliphatic heterocycles. The highest BCUT2D eigenvalue weighted by Gasteiger charge is 2.17. The number of hydrogen-bond acceptors (Lipinski definition) is 6. The van der Waals surface area contributed by atoms with Gasteiger partial charge in [0.25, 0.3) is 0 Å². The van der Waals surface area contributed by atoms with E-state index in [0.29, 0.717) is 28.8 Å². The Hall–Kier alpha value is -1.90. The monoisotopic (exact) mass is 383 g/mol. The molecule has 0 saturated carbocycles. The molecule has 1 aromatic carbocycles. The average molecular weight is 384 g/mol. The van der Waals surface area contributed by atoms with Crippen LogP contribution in [0.5, 0.6) is 0 Å². The third kappa shape index (κ3) is 5.29. The zero-order valence-corrected chi connectivity index (χ0v) is 16.0. The molecule has 136 valence electrons. The minimum absolute atomic E-state index is 0.187. The molecular weight excluding hydrogens is 362 g/mol. The van der Waals surface area contributed by atoms with Gasteiger partial charge in [0.2, 0.25) is 10.0 Å². The van der Waals surface area contributed by atoms with Crippen LogP contribution in [0, 0.1) is 13.8 Å². The van der Waals surface area contributed by atoms with E-state index in [4.69, 9.17) is 11.6 Å². The normalized spacial score (nSPS) is 11.4. The second kappa shape index (κ2) is 8.46. The molecule has 0 bridgehead atoms. The number of aromatic nitrogens is 2. The summed E-state index contributed by atoms with van der Waals surface area (Å²) in [5, 5.41) is 6.64. The van der Waals surface area contributed by atoms with Gasteiger partial charge < -0.3 is 10.6 Å². The van der Waals surface area contributed by atoms with Gasteiger partial charge in [-0.2, -0.15) is 0 Å². The second-order valence-corrected chi connectivity index (χ2v) is 7.55. The lowest BCUT2D eigenvalue weighted by Gasteiger charge is -2.12. The lowest BCUT2D eigenvalue weighted by Crippen LogP contribution is -2.29. The number of rotatable bonds is 8. The molecule has 0 atom stereocenters. The number of nitrogens with zero attached hydrogens (tertiary/aromatic N) is 2. The Bertz CT molecular complexity index is 842. The van der Waals surface area contributed by atoms with Crippen molar-refractivity contribution < 1.29 is 8.42 Å². The maximum Gasteiger partial charge on any atom is 0.240 e. The number of sulfonamides is 1. The van der Waals surface area contributed by atoms with Crippen LogP contribution in [-0.4, -0.2) is 38.0 Å². The quantitative estimate of drug-likeness (QED) is 0.606. The van der Waals surface area contributed by atoms with Gasteiger partial charge in [0.05, 0.1) is 4.90 Å². The summed E-state index contributed by atoms with van der Waals surface area (Å²) in [5.74, 6) is 2.00. The third-order valence-electron chi connectivity index (χ3n) is 3.43. The Balaban J connectivity index is 1.96. The van der Waals surface area contributed by atoms with E-state index in [1.807, 2.05) is 6.92 Å². The molecule has 0 aliphatic carbocycles. The molecule has 2 aromatic rings. The van der Waals surface area contributed by atoms with Gasteiger partial charge in [0.15, 0.2) is 0 Å². The highest BCUT2D eigenvalue weighted by Crippen LogP contribution is 2.22. The van der Waals surface area contributed by atoms with Gasteiger partial charge in [-0.05, 0) is 38.5 Å². The highest BCUT2D eigenvalue weighted by molar-refractivity contribution is 7.89. The van der Waals surface area contributed by atoms with E-state index in [2.05, 4.69) is 25.3 Å². The maximum atomic E-state index is 12.4. The van der Waals surface area contributed by atoms with E-state index in [1.54, 1.807) is 32.0 Å². The van der Waals surface area contributed by atoms with Crippen molar-refractivity contribution in [3.8, 4) is 0 Å². The van der Waals surface area contributed by atoms with Crippen molar-refractivity contribution in [3.63, 3.8) is 0 Å². The van der Waals surface area contributed by atoms with E-state index in [0.717, 1.165) is 12.4 Å². The van der Waals surface area contributed by atoms with Crippen molar-refractivity contribution in [1.29, 1.82) is 0 Å². The fourth-order valence-corrected chi connectivity index (χ4v) is 3.79. The summed E-state index contributed by atoms with van der Waals surface area (Å²) < 4.78 is 27.3. The third-order valence-corrected chi connectivity index (χ3v) is 5.44. The number of nitrogens with one attached hydrogen (secondary N) is 3. The van der Waals surface area contributed by atoms with Gasteiger partial charge in [0, 0.05) is 30.7 Å². The minimum Gasteiger partial charge on any atom is -0.370 e. The lowest BCUT2D eigenvalue weighted by atomic mass is 10.2. The van der Waals surface area contributed by atoms with E-state index < -0.39 is 10.0 Å². The first-order valence-electron chi connectivity index (χ1n) is 7.91. The minimum atomic E-state index is -3.61. The smallest absolute Gasteiger partial charge is 0.240 e. The largest absolute Gasteiger partial charge is 0.370 e. The molecule has 0 saturated heterocycles. The van der Waals surface area contributed by atoms with E-state index in [-0.39, 0.29) is 11.4 Å². The Kier molecular flexibility index (Phi) is 6.57. The zero-order chi connectivity index (χ0) is 18.4. The molecule has 1 heterocycles. The number of hydrogen-bond donors (Lipinski definition) is 3. The molecule has 0 amide bonds. The summed E-state index contributed by atoms with van der Waals surface area (Å²) in [4.78, 5) is 8.73. The van der Waals surface area contributed by atoms with Gasteiger partial charge in [-0.15, -0.1) is 0 Å². The first-order valence-corrected chi connectivity index (χ1v) is 9.78. The second-order valence-electron chi connectivity index (χ2n) is 5.40. The van der Waals surface area contributed by atoms with Crippen LogP contribution in [0.25, 0.3) is 0 Å². The van der Waals surface area contributed by atoms with Crippen LogP contribution in [0.4, 0.5) is 11.6 Å². The SMILES string of the molecule is CCNc1cc(NCCNS(=O)(=O)c2cccc(Cl)c2C)nc(C)n1. The topological polar surface area (TPSA) is 96.0 Å². The predicted molar refractivity (Wildman–Crippen MR) is 101 cm³/mol. The molecule has 3 N–H and O–H groups in total. The van der Waals surface area contributed by atoms with Crippen molar-refractivity contribution in [2.45, 2.75) is 25.7 Å². The number of aryl methyl sites for hydroxylation is 1. The maximum absolute atomic E-state index is 12.4. The van der Waals surface area contributed by atoms with Crippen molar-refractivity contribution in [1.82, 2.24) is 14.7 Å². The van der Waals surface area contributed by atoms with Crippen LogP contribution >= 0.6 is 11.6 Å². The Morgan fingerprint density at radius 1 is 1.08 bits per heavy atom. The molecule has 0 unspecified atom stereocenters. The summed E-state index contributed by atoms with van der Waals surface area (Å²) in [5.41, 5.74) is 0.534. The van der Waals surface area contributed by atoms with Crippen LogP contribution < -0.4 is 15.4 Å². The number of benzene rings is 1. The molecule has 7 nitrogen and oxygen atoms in total. The van der Waals surface area contributed by atoms with Gasteiger partial charge in [-0.25, -0.2) is 23.1 Å². The molecule has 0 aliphatic rings. The highest BCUT2D eigenvalue weighted by atomic mass is 35.5. The van der Waals surface area contributed by atoms with E-state index in [9.17, 15) is 8.42 Å². The standard InChI is InChI=1S/C16H22ClN5O2S/c1-4-18-15-10-16(22-12(3)21-15)19-8-9-20-25(23,24)14-7-5-6-13(17)11(14)2/h5-7,10,20H,4,8-9H2,1-3H3,(H2,18,19,21,22). The number of anilines is 2. The van der Waals surface area contributed by atoms with Crippen molar-refractivity contribution in [2.24, 2.45) is 0 Å². The van der Waals surface area contributed by atoms with E-state index in [1.165, 1.54) is 6.07 Å². The molecule has 25 heavy (non-hydrogen) atoms. The van der Waals surface area contributed by atoms with Crippen LogP contribution in [0.15, 0.2) is 29.2 Å². The van der Waals surface area contributed by atoms with Crippen molar-refractivity contribution in [3.05, 3.63) is 40.7 Å². The summed E-state index contributed by atoms with van der Waals surface area (Å²) >= 11 is 5.99. The first kappa shape index (κ1) is 19.4. The van der Waals surface area contributed by atoms with E-state index >= 15 is 0 Å². The fourth-order valence-electron chi connectivity index (χ4n) is 2.26. The van der Waals surface area contributed by atoms with Crippen LogP contribution in [0.1, 0.15) is 18.3 Å². The molecule has 0 radical (unpaired) electrons. The molecule has 2 rings (SSSR count). The Morgan fingerprint density at radius 3 is 2.44 bits per heavy atom. The lowest BCUT2D eigenvalue weighted by molar-refractivity contribution is 0.582. The summed E-state index contributed by atoms with van der Waals surface area (Å²) in [7, 11) is -3.61. The van der Waals surface area contributed by atoms with Crippen LogP contribution in [-0.2, 0) is 10.0 Å². The Labute approximate surface area is 153 Å². The zero-order valence-electron chi connectivity index (χ0n) is 14.4. The Morgan fingerprint density at radius 2 is 1.76 bits per heavy atom. The summed E-state index contributed by atoms with van der Waals surface area (Å²) in [6, 6.07) is 6.60. The van der Waals surface area contributed by atoms with Gasteiger partial charge in [-0.1, -0.05) is 17.7 Å². The average Bonchev–Trinajstić information content (AvgIpc) is 2.54. The predicted octanol–water partition coefficient (Wildman–Crippen LogP) is 2.57. The summed E-state index contributed by atoms with van der Waals surface area (Å²) in [6.07, 6.45) is 0. The van der Waals surface area contributed by atoms with Crippen molar-refractivity contribution >= 4 is 33.3 Å². The fraction of sp³-hybridized carbons (Fsp3) is 0.375. The van der Waals surface area contributed by atoms with Gasteiger partial charge in [-0.3, -0.25) is 0 Å². The molecule has 0 spiro atoms. The molecule has 0 fully saturated rings. The molecule has 9 heteroatoms. The molecule has 1 aromatic heterocycles. The van der Waals surface area contributed by atoms with Crippen LogP contribution in [0.3, 0.4) is 0 Å².